The summed E-state index contributed by atoms with van der Waals surface area (Å²) in [4.78, 5) is 24.1. The van der Waals surface area contributed by atoms with Gasteiger partial charge in [-0.15, -0.1) is 0 Å². The van der Waals surface area contributed by atoms with Crippen LogP contribution in [0.25, 0.3) is 0 Å². The normalized spacial score (nSPS) is 13.2. The quantitative estimate of drug-likeness (QED) is 0.550. The maximum absolute atomic E-state index is 11.8. The summed E-state index contributed by atoms with van der Waals surface area (Å²) < 4.78 is 10.6. The molecule has 0 fully saturated rings. The highest BCUT2D eigenvalue weighted by Crippen LogP contribution is 2.12. The molecule has 20 heavy (non-hydrogen) atoms. The highest BCUT2D eigenvalue weighted by atomic mass is 28.4. The lowest BCUT2D eigenvalue weighted by molar-refractivity contribution is -0.142. The van der Waals surface area contributed by atoms with E-state index in [0.29, 0.717) is 13.0 Å². The lowest BCUT2D eigenvalue weighted by atomic mass is 10.0. The smallest absolute Gasteiger partial charge is 0.410 e. The van der Waals surface area contributed by atoms with Gasteiger partial charge in [-0.05, 0) is 32.0 Å². The van der Waals surface area contributed by atoms with Crippen LogP contribution < -0.4 is 0 Å². The first-order valence-corrected chi connectivity index (χ1v) is 10.2. The standard InChI is InChI=1S/C13H27NO5Si/c1-10(2)9-11(12(15)16)14(3)13(17)18-7-8-19-20(4,5)6/h10-11H,7-9H2,1-6H3,(H,15,16). The van der Waals surface area contributed by atoms with Gasteiger partial charge in [0.15, 0.2) is 8.32 Å². The number of carboxylic acid groups (broad SMARTS) is 1. The zero-order chi connectivity index (χ0) is 15.9. The minimum absolute atomic E-state index is 0.140. The van der Waals surface area contributed by atoms with Gasteiger partial charge in [-0.2, -0.15) is 0 Å². The Kier molecular flexibility index (Phi) is 7.81. The summed E-state index contributed by atoms with van der Waals surface area (Å²) in [5.74, 6) is -0.835. The van der Waals surface area contributed by atoms with Crippen molar-refractivity contribution in [3.05, 3.63) is 0 Å². The lowest BCUT2D eigenvalue weighted by Crippen LogP contribution is -2.43. The van der Waals surface area contributed by atoms with Crippen LogP contribution in [-0.4, -0.2) is 56.7 Å². The van der Waals surface area contributed by atoms with E-state index in [2.05, 4.69) is 0 Å². The number of nitrogens with zero attached hydrogens (tertiary/aromatic N) is 1. The number of carbonyl (C=O) groups is 2. The monoisotopic (exact) mass is 305 g/mol. The summed E-state index contributed by atoms with van der Waals surface area (Å²) in [6.45, 7) is 10.4. The number of carbonyl (C=O) groups excluding carboxylic acids is 1. The first-order chi connectivity index (χ1) is 9.04. The molecule has 0 aromatic heterocycles. The van der Waals surface area contributed by atoms with E-state index in [1.54, 1.807) is 0 Å². The number of hydrogen-bond acceptors (Lipinski definition) is 4. The molecule has 0 saturated heterocycles. The molecule has 6 nitrogen and oxygen atoms in total. The summed E-state index contributed by atoms with van der Waals surface area (Å²) >= 11 is 0. The second kappa shape index (κ2) is 8.26. The molecule has 1 amide bonds. The molecule has 7 heteroatoms. The minimum atomic E-state index is -1.62. The van der Waals surface area contributed by atoms with Gasteiger partial charge in [0.2, 0.25) is 0 Å². The van der Waals surface area contributed by atoms with Crippen molar-refractivity contribution in [2.75, 3.05) is 20.3 Å². The van der Waals surface area contributed by atoms with Gasteiger partial charge in [-0.3, -0.25) is 4.90 Å². The number of rotatable bonds is 8. The molecule has 0 aliphatic heterocycles. The summed E-state index contributed by atoms with van der Waals surface area (Å²) in [7, 11) is -0.170. The average Bonchev–Trinajstić information content (AvgIpc) is 2.28. The molecule has 118 valence electrons. The second-order valence-corrected chi connectivity index (χ2v) is 10.7. The Hall–Kier alpha value is -1.08. The Balaban J connectivity index is 4.27. The lowest BCUT2D eigenvalue weighted by Gasteiger charge is -2.25. The van der Waals surface area contributed by atoms with E-state index in [4.69, 9.17) is 14.3 Å². The molecule has 0 rings (SSSR count). The third kappa shape index (κ3) is 8.16. The van der Waals surface area contributed by atoms with E-state index in [9.17, 15) is 9.59 Å². The minimum Gasteiger partial charge on any atom is -0.480 e. The first kappa shape index (κ1) is 18.9. The highest BCUT2D eigenvalue weighted by Gasteiger charge is 2.28. The van der Waals surface area contributed by atoms with Gasteiger partial charge in [0.25, 0.3) is 0 Å². The molecule has 0 saturated carbocycles. The highest BCUT2D eigenvalue weighted by molar-refractivity contribution is 6.69. The van der Waals surface area contributed by atoms with Crippen LogP contribution in [0.3, 0.4) is 0 Å². The number of hydrogen-bond donors (Lipinski definition) is 1. The third-order valence-electron chi connectivity index (χ3n) is 2.58. The van der Waals surface area contributed by atoms with Crippen LogP contribution in [0, 0.1) is 5.92 Å². The van der Waals surface area contributed by atoms with Gasteiger partial charge in [0.05, 0.1) is 6.61 Å². The van der Waals surface area contributed by atoms with E-state index < -0.39 is 26.4 Å². The van der Waals surface area contributed by atoms with Crippen molar-refractivity contribution >= 4 is 20.4 Å². The van der Waals surface area contributed by atoms with E-state index in [1.165, 1.54) is 7.05 Å². The Morgan fingerprint density at radius 2 is 1.75 bits per heavy atom. The molecule has 0 aromatic carbocycles. The van der Waals surface area contributed by atoms with Crippen molar-refractivity contribution in [2.45, 2.75) is 46.0 Å². The molecular weight excluding hydrogens is 278 g/mol. The van der Waals surface area contributed by atoms with Crippen molar-refractivity contribution in [3.63, 3.8) is 0 Å². The molecule has 0 aromatic rings. The van der Waals surface area contributed by atoms with Gasteiger partial charge in [-0.25, -0.2) is 9.59 Å². The van der Waals surface area contributed by atoms with E-state index in [1.807, 2.05) is 33.5 Å². The zero-order valence-corrected chi connectivity index (χ0v) is 14.3. The average molecular weight is 305 g/mol. The maximum Gasteiger partial charge on any atom is 0.410 e. The Morgan fingerprint density at radius 3 is 2.15 bits per heavy atom. The number of carboxylic acids is 1. The van der Waals surface area contributed by atoms with Gasteiger partial charge in [-0.1, -0.05) is 13.8 Å². The van der Waals surface area contributed by atoms with Crippen LogP contribution in [0.4, 0.5) is 4.79 Å². The van der Waals surface area contributed by atoms with Crippen molar-refractivity contribution in [1.82, 2.24) is 4.90 Å². The van der Waals surface area contributed by atoms with Crippen molar-refractivity contribution in [3.8, 4) is 0 Å². The molecule has 0 aliphatic carbocycles. The summed E-state index contributed by atoms with van der Waals surface area (Å²) in [6.07, 6.45) is -0.232. The Bertz CT molecular complexity index is 327. The first-order valence-electron chi connectivity index (χ1n) is 6.81. The fraction of sp³-hybridized carbons (Fsp3) is 0.846. The fourth-order valence-electron chi connectivity index (χ4n) is 1.58. The van der Waals surface area contributed by atoms with Crippen molar-refractivity contribution in [1.29, 1.82) is 0 Å². The molecule has 0 radical (unpaired) electrons. The zero-order valence-electron chi connectivity index (χ0n) is 13.3. The summed E-state index contributed by atoms with van der Waals surface area (Å²) in [5, 5.41) is 9.15. The molecule has 1 N–H and O–H groups in total. The number of aliphatic carboxylic acids is 1. The molecule has 0 aliphatic rings. The fourth-order valence-corrected chi connectivity index (χ4v) is 2.27. The second-order valence-electron chi connectivity index (χ2n) is 6.17. The Morgan fingerprint density at radius 1 is 1.20 bits per heavy atom. The van der Waals surface area contributed by atoms with Crippen LogP contribution in [0.5, 0.6) is 0 Å². The van der Waals surface area contributed by atoms with E-state index in [-0.39, 0.29) is 12.5 Å². The van der Waals surface area contributed by atoms with E-state index >= 15 is 0 Å². The van der Waals surface area contributed by atoms with Crippen LogP contribution >= 0.6 is 0 Å². The number of ether oxygens (including phenoxy) is 1. The van der Waals surface area contributed by atoms with Crippen LogP contribution in [0.15, 0.2) is 0 Å². The predicted octanol–water partition coefficient (Wildman–Crippen LogP) is 2.41. The summed E-state index contributed by atoms with van der Waals surface area (Å²) in [6, 6.07) is -0.861. The van der Waals surface area contributed by atoms with E-state index in [0.717, 1.165) is 4.90 Å². The van der Waals surface area contributed by atoms with Crippen LogP contribution in [0.1, 0.15) is 20.3 Å². The van der Waals surface area contributed by atoms with Gasteiger partial charge >= 0.3 is 12.1 Å². The van der Waals surface area contributed by atoms with Crippen LogP contribution in [0.2, 0.25) is 19.6 Å². The molecule has 0 bridgehead atoms. The predicted molar refractivity (Wildman–Crippen MR) is 79.3 cm³/mol. The van der Waals surface area contributed by atoms with Gasteiger partial charge < -0.3 is 14.3 Å². The molecule has 1 unspecified atom stereocenters. The largest absolute Gasteiger partial charge is 0.480 e. The molecule has 0 heterocycles. The van der Waals surface area contributed by atoms with Gasteiger partial charge in [0, 0.05) is 7.05 Å². The molecular formula is C13H27NO5Si. The van der Waals surface area contributed by atoms with Crippen molar-refractivity contribution in [2.24, 2.45) is 5.92 Å². The SMILES string of the molecule is CC(C)CC(C(=O)O)N(C)C(=O)OCCO[Si](C)(C)C. The topological polar surface area (TPSA) is 76.1 Å². The molecule has 0 spiro atoms. The Labute approximate surface area is 122 Å². The number of likely N-dealkylation sites (N-methyl/N-ethyl adjacent to an activating group) is 1. The van der Waals surface area contributed by atoms with Gasteiger partial charge in [0.1, 0.15) is 12.6 Å². The van der Waals surface area contributed by atoms with Crippen molar-refractivity contribution < 1.29 is 23.9 Å². The van der Waals surface area contributed by atoms with Crippen LogP contribution in [-0.2, 0) is 14.0 Å². The molecule has 1 atom stereocenters. The maximum atomic E-state index is 11.8. The third-order valence-corrected chi connectivity index (χ3v) is 3.65. The number of amides is 1. The summed E-state index contributed by atoms with van der Waals surface area (Å²) in [5.41, 5.74) is 0.